The second-order valence-corrected chi connectivity index (χ2v) is 4.92. The van der Waals surface area contributed by atoms with E-state index in [1.165, 1.54) is 6.07 Å². The SMILES string of the molecule is Cn1cc(CNc2ccc(C(F)(F)F)cc2Br)cn1. The minimum atomic E-state index is -4.33. The third-order valence-corrected chi connectivity index (χ3v) is 3.19. The molecule has 19 heavy (non-hydrogen) atoms. The zero-order valence-electron chi connectivity index (χ0n) is 10.0. The predicted molar refractivity (Wildman–Crippen MR) is 69.7 cm³/mol. The van der Waals surface area contributed by atoms with E-state index in [2.05, 4.69) is 26.3 Å². The van der Waals surface area contributed by atoms with Crippen LogP contribution in [0, 0.1) is 0 Å². The molecule has 0 saturated heterocycles. The smallest absolute Gasteiger partial charge is 0.380 e. The molecule has 0 saturated carbocycles. The fourth-order valence-electron chi connectivity index (χ4n) is 1.60. The van der Waals surface area contributed by atoms with Crippen molar-refractivity contribution in [1.82, 2.24) is 9.78 Å². The van der Waals surface area contributed by atoms with Gasteiger partial charge in [-0.05, 0) is 34.1 Å². The number of halogens is 4. The number of anilines is 1. The van der Waals surface area contributed by atoms with Gasteiger partial charge < -0.3 is 5.32 Å². The van der Waals surface area contributed by atoms with Gasteiger partial charge in [0.05, 0.1) is 11.8 Å². The molecular weight excluding hydrogens is 323 g/mol. The lowest BCUT2D eigenvalue weighted by Crippen LogP contribution is -2.06. The number of aryl methyl sites for hydroxylation is 1. The second kappa shape index (κ2) is 5.24. The maximum atomic E-state index is 12.5. The Morgan fingerprint density at radius 1 is 1.37 bits per heavy atom. The Hall–Kier alpha value is -1.50. The summed E-state index contributed by atoms with van der Waals surface area (Å²) < 4.78 is 39.5. The van der Waals surface area contributed by atoms with Crippen molar-refractivity contribution in [3.05, 3.63) is 46.2 Å². The van der Waals surface area contributed by atoms with E-state index in [-0.39, 0.29) is 0 Å². The van der Waals surface area contributed by atoms with E-state index in [1.807, 2.05) is 6.20 Å². The van der Waals surface area contributed by atoms with E-state index in [9.17, 15) is 13.2 Å². The summed E-state index contributed by atoms with van der Waals surface area (Å²) in [7, 11) is 1.80. The summed E-state index contributed by atoms with van der Waals surface area (Å²) in [6.45, 7) is 0.498. The molecule has 0 unspecified atom stereocenters. The molecule has 2 rings (SSSR count). The van der Waals surface area contributed by atoms with Crippen molar-refractivity contribution in [2.45, 2.75) is 12.7 Å². The Morgan fingerprint density at radius 3 is 2.63 bits per heavy atom. The molecule has 0 atom stereocenters. The number of hydrogen-bond donors (Lipinski definition) is 1. The first-order chi connectivity index (χ1) is 8.86. The Kier molecular flexibility index (Phi) is 3.84. The summed E-state index contributed by atoms with van der Waals surface area (Å²) in [5, 5.41) is 7.07. The molecule has 1 N–H and O–H groups in total. The van der Waals surface area contributed by atoms with Gasteiger partial charge in [-0.15, -0.1) is 0 Å². The summed E-state index contributed by atoms with van der Waals surface area (Å²) in [4.78, 5) is 0. The summed E-state index contributed by atoms with van der Waals surface area (Å²) >= 11 is 3.14. The first-order valence-electron chi connectivity index (χ1n) is 5.44. The number of hydrogen-bond acceptors (Lipinski definition) is 2. The van der Waals surface area contributed by atoms with Crippen LogP contribution in [0.1, 0.15) is 11.1 Å². The van der Waals surface area contributed by atoms with E-state index >= 15 is 0 Å². The largest absolute Gasteiger partial charge is 0.416 e. The van der Waals surface area contributed by atoms with Crippen molar-refractivity contribution in [2.24, 2.45) is 7.05 Å². The van der Waals surface area contributed by atoms with Gasteiger partial charge in [-0.25, -0.2) is 0 Å². The Labute approximate surface area is 116 Å². The second-order valence-electron chi connectivity index (χ2n) is 4.07. The van der Waals surface area contributed by atoms with Crippen molar-refractivity contribution in [1.29, 1.82) is 0 Å². The zero-order chi connectivity index (χ0) is 14.0. The average Bonchev–Trinajstić information content (AvgIpc) is 2.72. The van der Waals surface area contributed by atoms with Crippen LogP contribution in [0.3, 0.4) is 0 Å². The molecule has 0 amide bonds. The van der Waals surface area contributed by atoms with E-state index < -0.39 is 11.7 Å². The van der Waals surface area contributed by atoms with E-state index in [1.54, 1.807) is 17.9 Å². The monoisotopic (exact) mass is 333 g/mol. The molecule has 1 aromatic carbocycles. The first-order valence-corrected chi connectivity index (χ1v) is 6.24. The van der Waals surface area contributed by atoms with Crippen LogP contribution in [-0.2, 0) is 19.8 Å². The third kappa shape index (κ3) is 3.50. The maximum absolute atomic E-state index is 12.5. The molecule has 0 spiro atoms. The number of benzene rings is 1. The molecule has 1 heterocycles. The average molecular weight is 334 g/mol. The highest BCUT2D eigenvalue weighted by molar-refractivity contribution is 9.10. The van der Waals surface area contributed by atoms with Crippen molar-refractivity contribution in [2.75, 3.05) is 5.32 Å². The molecule has 0 fully saturated rings. The molecule has 2 aromatic rings. The number of nitrogens with one attached hydrogen (secondary N) is 1. The fourth-order valence-corrected chi connectivity index (χ4v) is 2.11. The summed E-state index contributed by atoms with van der Waals surface area (Å²) in [5.41, 5.74) is 0.887. The molecule has 0 bridgehead atoms. The highest BCUT2D eigenvalue weighted by Gasteiger charge is 2.30. The van der Waals surface area contributed by atoms with Gasteiger partial charge in [0.15, 0.2) is 0 Å². The Balaban J connectivity index is 2.09. The lowest BCUT2D eigenvalue weighted by molar-refractivity contribution is -0.137. The van der Waals surface area contributed by atoms with Gasteiger partial charge in [0, 0.05) is 35.5 Å². The predicted octanol–water partition coefficient (Wildman–Crippen LogP) is 3.81. The summed E-state index contributed by atoms with van der Waals surface area (Å²) in [6, 6.07) is 3.52. The molecule has 0 aliphatic carbocycles. The summed E-state index contributed by atoms with van der Waals surface area (Å²) in [5.74, 6) is 0. The van der Waals surface area contributed by atoms with Crippen LogP contribution in [0.25, 0.3) is 0 Å². The number of nitrogens with zero attached hydrogens (tertiary/aromatic N) is 2. The number of alkyl halides is 3. The molecule has 0 aliphatic rings. The van der Waals surface area contributed by atoms with Crippen molar-refractivity contribution in [3.63, 3.8) is 0 Å². The Bertz CT molecular complexity index is 578. The highest BCUT2D eigenvalue weighted by Crippen LogP contribution is 2.33. The quantitative estimate of drug-likeness (QED) is 0.925. The topological polar surface area (TPSA) is 29.9 Å². The van der Waals surface area contributed by atoms with Crippen LogP contribution < -0.4 is 5.32 Å². The first kappa shape index (κ1) is 13.9. The van der Waals surface area contributed by atoms with Crippen LogP contribution in [0.2, 0.25) is 0 Å². The zero-order valence-corrected chi connectivity index (χ0v) is 11.6. The van der Waals surface area contributed by atoms with E-state index in [0.29, 0.717) is 16.7 Å². The minimum Gasteiger partial charge on any atom is -0.380 e. The third-order valence-electron chi connectivity index (χ3n) is 2.54. The molecule has 7 heteroatoms. The van der Waals surface area contributed by atoms with Crippen molar-refractivity contribution < 1.29 is 13.2 Å². The van der Waals surface area contributed by atoms with Crippen LogP contribution in [0.4, 0.5) is 18.9 Å². The Morgan fingerprint density at radius 2 is 2.11 bits per heavy atom. The van der Waals surface area contributed by atoms with Gasteiger partial charge in [-0.2, -0.15) is 18.3 Å². The van der Waals surface area contributed by atoms with Crippen LogP contribution >= 0.6 is 15.9 Å². The van der Waals surface area contributed by atoms with E-state index in [0.717, 1.165) is 17.7 Å². The molecule has 0 aliphatic heterocycles. The van der Waals surface area contributed by atoms with Crippen LogP contribution in [-0.4, -0.2) is 9.78 Å². The van der Waals surface area contributed by atoms with Crippen LogP contribution in [0.15, 0.2) is 35.1 Å². The van der Waals surface area contributed by atoms with Crippen molar-refractivity contribution in [3.8, 4) is 0 Å². The van der Waals surface area contributed by atoms with Gasteiger partial charge in [-0.3, -0.25) is 4.68 Å². The lowest BCUT2D eigenvalue weighted by Gasteiger charge is -2.11. The van der Waals surface area contributed by atoms with Crippen LogP contribution in [0.5, 0.6) is 0 Å². The maximum Gasteiger partial charge on any atom is 0.416 e. The molecular formula is C12H11BrF3N3. The molecule has 3 nitrogen and oxygen atoms in total. The molecule has 1 aromatic heterocycles. The normalized spacial score (nSPS) is 11.6. The molecule has 0 radical (unpaired) electrons. The summed E-state index contributed by atoms with van der Waals surface area (Å²) in [6.07, 6.45) is -0.791. The van der Waals surface area contributed by atoms with Crippen molar-refractivity contribution >= 4 is 21.6 Å². The minimum absolute atomic E-state index is 0.381. The number of aromatic nitrogens is 2. The van der Waals surface area contributed by atoms with Gasteiger partial charge in [0.1, 0.15) is 0 Å². The van der Waals surface area contributed by atoms with Gasteiger partial charge in [0.2, 0.25) is 0 Å². The van der Waals surface area contributed by atoms with Gasteiger partial charge >= 0.3 is 6.18 Å². The number of rotatable bonds is 3. The fraction of sp³-hybridized carbons (Fsp3) is 0.250. The standard InChI is InChI=1S/C12H11BrF3N3/c1-19-7-8(6-18-19)5-17-11-3-2-9(4-10(11)13)12(14,15)16/h2-4,6-7,17H,5H2,1H3. The van der Waals surface area contributed by atoms with E-state index in [4.69, 9.17) is 0 Å². The molecule has 102 valence electrons. The lowest BCUT2D eigenvalue weighted by atomic mass is 10.2. The van der Waals surface area contributed by atoms with Gasteiger partial charge in [-0.1, -0.05) is 0 Å². The van der Waals surface area contributed by atoms with Gasteiger partial charge in [0.25, 0.3) is 0 Å². The highest BCUT2D eigenvalue weighted by atomic mass is 79.9.